The Bertz CT molecular complexity index is 3820. The number of rotatable bonds is 9. The molecule has 17 aliphatic rings. The van der Waals surface area contributed by atoms with E-state index in [1.807, 2.05) is 0 Å². The molecular weight excluding hydrogens is 1140 g/mol. The summed E-state index contributed by atoms with van der Waals surface area (Å²) in [7, 11) is 1.78. The molecular formula is C85H106N2O6. The van der Waals surface area contributed by atoms with Gasteiger partial charge in [0.25, 0.3) is 0 Å². The highest BCUT2D eigenvalue weighted by Gasteiger charge is 2.83. The number of dihydropyridines is 1. The van der Waals surface area contributed by atoms with E-state index in [4.69, 9.17) is 4.74 Å². The quantitative estimate of drug-likeness (QED) is 0.0923. The van der Waals surface area contributed by atoms with E-state index in [2.05, 4.69) is 154 Å². The van der Waals surface area contributed by atoms with Crippen molar-refractivity contribution in [2.24, 2.45) is 97.6 Å². The van der Waals surface area contributed by atoms with E-state index in [0.29, 0.717) is 55.5 Å². The highest BCUT2D eigenvalue weighted by molar-refractivity contribution is 5.78. The number of ether oxygens (including phenoxy) is 1. The average molecular weight is 1250 g/mol. The third-order valence-corrected chi connectivity index (χ3v) is 29.3. The summed E-state index contributed by atoms with van der Waals surface area (Å²) in [4.78, 5) is 15.0. The maximum absolute atomic E-state index is 15.0. The van der Waals surface area contributed by atoms with Crippen LogP contribution in [0.2, 0.25) is 0 Å². The predicted octanol–water partition coefficient (Wildman–Crippen LogP) is 15.4. The van der Waals surface area contributed by atoms with Gasteiger partial charge in [0.05, 0.1) is 36.8 Å². The Balaban J connectivity index is 0.921. The van der Waals surface area contributed by atoms with Gasteiger partial charge >= 0.3 is 5.97 Å². The molecule has 6 N–H and O–H groups in total. The third kappa shape index (κ3) is 9.34. The minimum atomic E-state index is -0.812. The number of carbonyl (C=O) groups is 1. The molecule has 20 rings (SSSR count). The van der Waals surface area contributed by atoms with Crippen LogP contribution in [0, 0.1) is 97.6 Å². The zero-order valence-corrected chi connectivity index (χ0v) is 56.5. The van der Waals surface area contributed by atoms with Crippen LogP contribution in [-0.2, 0) is 28.8 Å². The third-order valence-electron chi connectivity index (χ3n) is 29.3. The number of aliphatic carboxylic acids is 1. The Morgan fingerprint density at radius 3 is 2.47 bits per heavy atom. The molecule has 11 aliphatic carbocycles. The maximum atomic E-state index is 15.0. The van der Waals surface area contributed by atoms with E-state index < -0.39 is 46.3 Å². The number of fused-ring (bicyclic) bond motifs is 2. The summed E-state index contributed by atoms with van der Waals surface area (Å²) >= 11 is 0. The molecule has 93 heavy (non-hydrogen) atoms. The fourth-order valence-electron chi connectivity index (χ4n) is 25.7. The number of hydrogen-bond donors (Lipinski definition) is 6. The molecule has 0 amide bonds. The number of methoxy groups -OCH3 is 1. The van der Waals surface area contributed by atoms with Gasteiger partial charge in [0.15, 0.2) is 0 Å². The van der Waals surface area contributed by atoms with Gasteiger partial charge < -0.3 is 35.8 Å². The zero-order chi connectivity index (χ0) is 63.8. The first-order chi connectivity index (χ1) is 45.1. The second-order valence-electron chi connectivity index (χ2n) is 33.5. The number of carboxylic acid groups (broad SMARTS) is 1. The van der Waals surface area contributed by atoms with Crippen LogP contribution < -0.4 is 21.1 Å². The van der Waals surface area contributed by atoms with Crippen molar-refractivity contribution < 1.29 is 30.0 Å². The number of allylic oxidation sites excluding steroid dienone is 11. The molecule has 17 atom stereocenters. The molecule has 3 aromatic rings. The number of benzene rings is 3. The molecule has 5 saturated carbocycles. The van der Waals surface area contributed by atoms with Crippen molar-refractivity contribution in [1.29, 1.82) is 0 Å². The van der Waals surface area contributed by atoms with Crippen molar-refractivity contribution in [3.8, 4) is 0 Å². The van der Waals surface area contributed by atoms with Crippen molar-refractivity contribution in [1.82, 2.24) is 10.6 Å². The van der Waals surface area contributed by atoms with Crippen LogP contribution >= 0.6 is 0 Å². The molecule has 0 aromatic heterocycles. The zero-order valence-electron chi connectivity index (χ0n) is 56.5. The van der Waals surface area contributed by atoms with Crippen LogP contribution in [-0.4, -0.2) is 65.4 Å². The van der Waals surface area contributed by atoms with Gasteiger partial charge in [-0.3, -0.25) is 4.79 Å². The average Bonchev–Trinajstić information content (AvgIpc) is 1.61. The molecule has 17 unspecified atom stereocenters. The molecule has 6 aliphatic heterocycles. The summed E-state index contributed by atoms with van der Waals surface area (Å²) in [6.45, 7) is 12.2. The van der Waals surface area contributed by atoms with Crippen molar-refractivity contribution in [3.63, 3.8) is 0 Å². The number of nitrogens with one attached hydrogen (secondary N) is 2. The van der Waals surface area contributed by atoms with Crippen molar-refractivity contribution >= 4 is 23.2 Å². The van der Waals surface area contributed by atoms with Crippen molar-refractivity contribution in [2.75, 3.05) is 26.8 Å². The van der Waals surface area contributed by atoms with Gasteiger partial charge in [0, 0.05) is 53.7 Å². The molecule has 8 heteroatoms. The molecule has 0 saturated heterocycles. The second-order valence-corrected chi connectivity index (χ2v) is 33.5. The molecule has 3 spiro atoms. The maximum Gasteiger partial charge on any atom is 0.306 e. The second kappa shape index (κ2) is 23.6. The van der Waals surface area contributed by atoms with Gasteiger partial charge in [-0.15, -0.1) is 0 Å². The number of aliphatic hydroxyl groups is 3. The summed E-state index contributed by atoms with van der Waals surface area (Å²) < 4.78 is 5.47. The monoisotopic (exact) mass is 1250 g/mol. The first-order valence-corrected chi connectivity index (χ1v) is 37.2. The summed E-state index contributed by atoms with van der Waals surface area (Å²) in [5, 5.41) is 61.3. The fraction of sp³-hybridized carbons (Fsp3) is 0.588. The lowest BCUT2D eigenvalue weighted by Gasteiger charge is -2.78. The van der Waals surface area contributed by atoms with Crippen LogP contribution in [0.5, 0.6) is 0 Å². The topological polar surface area (TPSA) is 131 Å². The van der Waals surface area contributed by atoms with Gasteiger partial charge in [0.2, 0.25) is 0 Å². The Labute approximate surface area is 554 Å². The molecule has 5 fully saturated rings. The largest absolute Gasteiger partial charge is 0.516 e. The summed E-state index contributed by atoms with van der Waals surface area (Å²) in [5.41, 5.74) is 13.1. The molecule has 8 nitrogen and oxygen atoms in total. The standard InChI is InChI=1S/C85H106N2O6/c1-52(2)39-63-31-34-80(3)75(90)32-36-84-71-43-59-16-9-10-18-67(59)69-42-55-13-11-17-57(41-55)61-26-29-76(87-50-61)86-37-12-19-66(56-14-7-6-8-15-56)62(51-88)25-28-68(78(91)92)77-74(89)49-85-73(48-82(63,79(80)84)47-70(69)71)72(84)45-65(81(77,85)4)44-64-27-24-60-46-83(64,85)35-30-58(60)40-54-22-20-53(21-23-54)33-38-93-5/h9-11,13,16-18,20-24,26-27,29,31,41,43,47,51-52,56,58,60,64-66,68,71,74-75,77,79,86-90H,6-8,12,14-15,19,25,28,30,32-40,42,44-46,48-50H2,1-5H3,(H,91,92). The first kappa shape index (κ1) is 62.2. The molecule has 6 heterocycles. The molecule has 17 bridgehead atoms. The summed E-state index contributed by atoms with van der Waals surface area (Å²) in [6.07, 6.45) is 39.9. The highest BCUT2D eigenvalue weighted by atomic mass is 16.5. The number of carboxylic acids is 1. The van der Waals surface area contributed by atoms with E-state index in [1.54, 1.807) is 23.8 Å². The summed E-state index contributed by atoms with van der Waals surface area (Å²) in [5.74, 6) is 1.56. The van der Waals surface area contributed by atoms with E-state index in [9.17, 15) is 25.2 Å². The fourth-order valence-corrected chi connectivity index (χ4v) is 25.7. The van der Waals surface area contributed by atoms with Crippen LogP contribution in [0.4, 0.5) is 0 Å². The predicted molar refractivity (Wildman–Crippen MR) is 372 cm³/mol. The van der Waals surface area contributed by atoms with Gasteiger partial charge in [-0.2, -0.15) is 0 Å². The Kier molecular flexibility index (Phi) is 15.7. The van der Waals surface area contributed by atoms with Crippen molar-refractivity contribution in [2.45, 2.75) is 188 Å². The minimum absolute atomic E-state index is 0.0687. The van der Waals surface area contributed by atoms with E-state index in [1.165, 1.54) is 74.9 Å². The van der Waals surface area contributed by atoms with Crippen LogP contribution in [0.3, 0.4) is 0 Å². The van der Waals surface area contributed by atoms with Gasteiger partial charge in [-0.05, 0) is 248 Å². The Morgan fingerprint density at radius 2 is 1.69 bits per heavy atom. The lowest BCUT2D eigenvalue weighted by Crippen LogP contribution is -2.72. The normalized spacial score (nSPS) is 40.2. The lowest BCUT2D eigenvalue weighted by molar-refractivity contribution is -0.217. The van der Waals surface area contributed by atoms with Crippen LogP contribution in [0.15, 0.2) is 149 Å². The molecule has 0 radical (unpaired) electrons. The van der Waals surface area contributed by atoms with E-state index in [-0.39, 0.29) is 39.9 Å². The molecule has 3 aromatic carbocycles. The van der Waals surface area contributed by atoms with Crippen LogP contribution in [0.1, 0.15) is 178 Å². The molecule has 492 valence electrons. The van der Waals surface area contributed by atoms with Gasteiger partial charge in [-0.25, -0.2) is 0 Å². The minimum Gasteiger partial charge on any atom is -0.516 e. The lowest BCUT2D eigenvalue weighted by atomic mass is 9.25. The van der Waals surface area contributed by atoms with E-state index >= 15 is 0 Å². The van der Waals surface area contributed by atoms with Gasteiger partial charge in [0.1, 0.15) is 0 Å². The smallest absolute Gasteiger partial charge is 0.306 e. The first-order valence-electron chi connectivity index (χ1n) is 37.2. The number of aliphatic hydroxyl groups excluding tert-OH is 3. The van der Waals surface area contributed by atoms with Gasteiger partial charge in [-0.1, -0.05) is 173 Å². The Hall–Kier alpha value is -5.67. The van der Waals surface area contributed by atoms with E-state index in [0.717, 1.165) is 134 Å². The highest BCUT2D eigenvalue weighted by Crippen LogP contribution is 2.88. The SMILES string of the molecule is COCCc1ccc(CC2CCC34CC2C=CC3CC2CC3=C5CC67C=C8C(=c9ccccc9=CC8C38CCC(O)C(C)(CC=C6CC(C)C)C78)Cc3cccc(c3)C3=CC=C(NCCCC(C6CCCCC6)C(=CO)CCC(C(=O)O)C6C(O)CC54C26C)NC3)cc1. The van der Waals surface area contributed by atoms with Crippen LogP contribution in [0.25, 0.3) is 17.2 Å². The number of hydrogen-bond acceptors (Lipinski definition) is 7. The summed E-state index contributed by atoms with van der Waals surface area (Å²) in [6, 6.07) is 28.1. The van der Waals surface area contributed by atoms with Crippen molar-refractivity contribution in [3.05, 3.63) is 182 Å². The Morgan fingerprint density at radius 1 is 0.860 bits per heavy atom.